The van der Waals surface area contributed by atoms with Crippen LogP contribution in [0.4, 0.5) is 0 Å². The van der Waals surface area contributed by atoms with E-state index in [2.05, 4.69) is 72.7 Å². The van der Waals surface area contributed by atoms with E-state index < -0.39 is 0 Å². The minimum atomic E-state index is 0.0374. The molecule has 0 radical (unpaired) electrons. The maximum atomic E-state index is 12.7. The lowest BCUT2D eigenvalue weighted by molar-refractivity contribution is -0.123. The Morgan fingerprint density at radius 3 is 1.50 bits per heavy atom. The summed E-state index contributed by atoms with van der Waals surface area (Å²) in [5.74, 6) is 2.32. The standard InChI is InChI=1S/C18H26O.C16H24O/c1-14(2)18(16-11-7-4-8-12-16)17(19)13-15-9-5-3-6-10-15;1-12(2)15(13-9-7-6-8-10-13)14(17)11-16(3,4)5/h4,7-8,11-12,14-15,18H,3,5-6,9-10,13H2,1-2H3;6-10,12,15H,11H2,1-5H3. The van der Waals surface area contributed by atoms with Gasteiger partial charge in [0, 0.05) is 24.7 Å². The van der Waals surface area contributed by atoms with E-state index in [4.69, 9.17) is 0 Å². The number of hydrogen-bond donors (Lipinski definition) is 0. The molecule has 1 aliphatic rings. The van der Waals surface area contributed by atoms with Gasteiger partial charge in [0.25, 0.3) is 0 Å². The van der Waals surface area contributed by atoms with Gasteiger partial charge in [0.1, 0.15) is 11.6 Å². The van der Waals surface area contributed by atoms with Crippen molar-refractivity contribution in [3.8, 4) is 0 Å². The minimum absolute atomic E-state index is 0.0374. The summed E-state index contributed by atoms with van der Waals surface area (Å²) < 4.78 is 0. The molecule has 1 saturated carbocycles. The molecule has 0 heterocycles. The molecule has 2 atom stereocenters. The fourth-order valence-corrected chi connectivity index (χ4v) is 5.64. The van der Waals surface area contributed by atoms with Crippen LogP contribution in [0.5, 0.6) is 0 Å². The summed E-state index contributed by atoms with van der Waals surface area (Å²) in [5.41, 5.74) is 2.41. The third-order valence-corrected chi connectivity index (χ3v) is 7.26. The predicted molar refractivity (Wildman–Crippen MR) is 153 cm³/mol. The Bertz CT molecular complexity index is 899. The lowest BCUT2D eigenvalue weighted by Gasteiger charge is -2.25. The zero-order valence-electron chi connectivity index (χ0n) is 23.9. The first-order valence-corrected chi connectivity index (χ1v) is 14.1. The highest BCUT2D eigenvalue weighted by atomic mass is 16.1. The first-order chi connectivity index (χ1) is 17.0. The summed E-state index contributed by atoms with van der Waals surface area (Å²) in [6, 6.07) is 20.4. The number of hydrogen-bond acceptors (Lipinski definition) is 2. The predicted octanol–water partition coefficient (Wildman–Crippen LogP) is 9.40. The molecule has 2 heteroatoms. The van der Waals surface area contributed by atoms with Crippen molar-refractivity contribution in [1.29, 1.82) is 0 Å². The van der Waals surface area contributed by atoms with Gasteiger partial charge < -0.3 is 0 Å². The van der Waals surface area contributed by atoms with E-state index in [9.17, 15) is 9.59 Å². The van der Waals surface area contributed by atoms with Gasteiger partial charge in [0.05, 0.1) is 0 Å². The number of benzene rings is 2. The topological polar surface area (TPSA) is 34.1 Å². The minimum Gasteiger partial charge on any atom is -0.299 e. The van der Waals surface area contributed by atoms with Gasteiger partial charge in [-0.3, -0.25) is 9.59 Å². The molecule has 0 bridgehead atoms. The van der Waals surface area contributed by atoms with Crippen molar-refractivity contribution in [1.82, 2.24) is 0 Å². The number of carbonyl (C=O) groups is 2. The average molecular weight is 491 g/mol. The van der Waals surface area contributed by atoms with E-state index in [1.807, 2.05) is 36.4 Å². The molecule has 0 amide bonds. The molecule has 0 N–H and O–H groups in total. The van der Waals surface area contributed by atoms with Crippen LogP contribution in [0.1, 0.15) is 116 Å². The van der Waals surface area contributed by atoms with Crippen molar-refractivity contribution in [2.45, 2.75) is 105 Å². The quantitative estimate of drug-likeness (QED) is 0.351. The molecule has 2 unspecified atom stereocenters. The molecule has 0 aromatic heterocycles. The van der Waals surface area contributed by atoms with Crippen molar-refractivity contribution >= 4 is 11.6 Å². The van der Waals surface area contributed by atoms with Crippen LogP contribution in [0.15, 0.2) is 60.7 Å². The maximum absolute atomic E-state index is 12.7. The first kappa shape index (κ1) is 30.0. The van der Waals surface area contributed by atoms with Crippen molar-refractivity contribution in [2.24, 2.45) is 23.2 Å². The van der Waals surface area contributed by atoms with E-state index in [0.717, 1.165) is 12.0 Å². The highest BCUT2D eigenvalue weighted by Crippen LogP contribution is 2.33. The fourth-order valence-electron chi connectivity index (χ4n) is 5.64. The Morgan fingerprint density at radius 1 is 0.694 bits per heavy atom. The Kier molecular flexibility index (Phi) is 12.1. The van der Waals surface area contributed by atoms with Crippen LogP contribution in [-0.2, 0) is 9.59 Å². The van der Waals surface area contributed by atoms with Crippen LogP contribution in [0.3, 0.4) is 0 Å². The molecule has 3 rings (SSSR count). The molecule has 0 saturated heterocycles. The Hall–Kier alpha value is -2.22. The summed E-state index contributed by atoms with van der Waals surface area (Å²) in [6.07, 6.45) is 7.93. The van der Waals surface area contributed by atoms with Crippen LogP contribution in [0, 0.1) is 23.2 Å². The smallest absolute Gasteiger partial charge is 0.141 e. The molecule has 2 aromatic rings. The SMILES string of the molecule is CC(C)C(C(=O)CC(C)(C)C)c1ccccc1.CC(C)C(C(=O)CC1CCCCC1)c1ccccc1. The maximum Gasteiger partial charge on any atom is 0.141 e. The molecular formula is C34H50O2. The number of ketones is 2. The first-order valence-electron chi connectivity index (χ1n) is 14.1. The summed E-state index contributed by atoms with van der Waals surface area (Å²) in [5, 5.41) is 0. The van der Waals surface area contributed by atoms with Gasteiger partial charge in [-0.15, -0.1) is 0 Å². The lowest BCUT2D eigenvalue weighted by atomic mass is 9.78. The number of rotatable bonds is 9. The van der Waals surface area contributed by atoms with Gasteiger partial charge in [-0.1, -0.05) is 141 Å². The third kappa shape index (κ3) is 10.0. The van der Waals surface area contributed by atoms with Crippen LogP contribution in [-0.4, -0.2) is 11.6 Å². The molecule has 1 aliphatic carbocycles. The van der Waals surface area contributed by atoms with Crippen molar-refractivity contribution in [3.63, 3.8) is 0 Å². The van der Waals surface area contributed by atoms with Crippen LogP contribution in [0.2, 0.25) is 0 Å². The molecule has 0 aliphatic heterocycles. The zero-order chi connectivity index (χ0) is 26.7. The highest BCUT2D eigenvalue weighted by molar-refractivity contribution is 5.87. The normalized spacial score (nSPS) is 16.2. The van der Waals surface area contributed by atoms with Crippen molar-refractivity contribution < 1.29 is 9.59 Å². The largest absolute Gasteiger partial charge is 0.299 e. The zero-order valence-corrected chi connectivity index (χ0v) is 23.9. The highest BCUT2D eigenvalue weighted by Gasteiger charge is 2.28. The van der Waals surface area contributed by atoms with Gasteiger partial charge in [-0.05, 0) is 34.3 Å². The summed E-state index contributed by atoms with van der Waals surface area (Å²) in [6.45, 7) is 14.9. The number of carbonyl (C=O) groups excluding carboxylic acids is 2. The molecule has 198 valence electrons. The average Bonchev–Trinajstić information content (AvgIpc) is 2.80. The van der Waals surface area contributed by atoms with Crippen molar-refractivity contribution in [2.75, 3.05) is 0 Å². The Labute approximate surface area is 221 Å². The fraction of sp³-hybridized carbons (Fsp3) is 0.588. The summed E-state index contributed by atoms with van der Waals surface area (Å²) >= 11 is 0. The third-order valence-electron chi connectivity index (χ3n) is 7.26. The van der Waals surface area contributed by atoms with E-state index in [-0.39, 0.29) is 17.3 Å². The summed E-state index contributed by atoms with van der Waals surface area (Å²) in [4.78, 5) is 25.1. The van der Waals surface area contributed by atoms with Crippen LogP contribution in [0.25, 0.3) is 0 Å². The van der Waals surface area contributed by atoms with Gasteiger partial charge >= 0.3 is 0 Å². The van der Waals surface area contributed by atoms with Gasteiger partial charge in [-0.25, -0.2) is 0 Å². The Balaban J connectivity index is 0.000000255. The monoisotopic (exact) mass is 490 g/mol. The van der Waals surface area contributed by atoms with Crippen LogP contribution >= 0.6 is 0 Å². The number of Topliss-reactive ketones (excluding diaryl/α,β-unsaturated/α-hetero) is 2. The van der Waals surface area contributed by atoms with Gasteiger partial charge in [0.2, 0.25) is 0 Å². The molecule has 1 fully saturated rings. The van der Waals surface area contributed by atoms with E-state index in [1.54, 1.807) is 0 Å². The molecule has 0 spiro atoms. The second-order valence-electron chi connectivity index (χ2n) is 12.6. The van der Waals surface area contributed by atoms with E-state index in [1.165, 1.54) is 37.7 Å². The molecule has 36 heavy (non-hydrogen) atoms. The van der Waals surface area contributed by atoms with Gasteiger partial charge in [-0.2, -0.15) is 0 Å². The Morgan fingerprint density at radius 2 is 1.11 bits per heavy atom. The van der Waals surface area contributed by atoms with Crippen molar-refractivity contribution in [3.05, 3.63) is 71.8 Å². The molecular weight excluding hydrogens is 440 g/mol. The second-order valence-corrected chi connectivity index (χ2v) is 12.6. The lowest BCUT2D eigenvalue weighted by Crippen LogP contribution is -2.23. The van der Waals surface area contributed by atoms with Gasteiger partial charge in [0.15, 0.2) is 0 Å². The summed E-state index contributed by atoms with van der Waals surface area (Å²) in [7, 11) is 0. The molecule has 2 aromatic carbocycles. The van der Waals surface area contributed by atoms with Crippen LogP contribution < -0.4 is 0 Å². The second kappa shape index (κ2) is 14.5. The van der Waals surface area contributed by atoms with E-state index in [0.29, 0.717) is 35.7 Å². The molecule has 2 nitrogen and oxygen atoms in total. The van der Waals surface area contributed by atoms with E-state index >= 15 is 0 Å².